The minimum atomic E-state index is 0.576. The van der Waals surface area contributed by atoms with Crippen LogP contribution in [0.4, 0.5) is 0 Å². The Morgan fingerprint density at radius 2 is 2.20 bits per heavy atom. The maximum atomic E-state index is 5.43. The largest absolute Gasteiger partial charge is 0.379 e. The Morgan fingerprint density at radius 3 is 2.87 bits per heavy atom. The molecule has 0 saturated carbocycles. The lowest BCUT2D eigenvalue weighted by atomic mass is 10.2. The molecule has 0 amide bonds. The molecule has 3 nitrogen and oxygen atoms in total. The van der Waals surface area contributed by atoms with Crippen molar-refractivity contribution < 1.29 is 4.74 Å². The molecule has 0 aromatic carbocycles. The first-order chi connectivity index (χ1) is 7.33. The van der Waals surface area contributed by atoms with E-state index in [1.54, 1.807) is 0 Å². The van der Waals surface area contributed by atoms with Gasteiger partial charge in [0.1, 0.15) is 0 Å². The highest BCUT2D eigenvalue weighted by atomic mass is 16.5. The van der Waals surface area contributed by atoms with Gasteiger partial charge in [0.2, 0.25) is 0 Å². The molecular weight excluding hydrogens is 188 g/mol. The van der Waals surface area contributed by atoms with Crippen molar-refractivity contribution in [3.8, 4) is 0 Å². The van der Waals surface area contributed by atoms with Gasteiger partial charge in [-0.05, 0) is 33.0 Å². The molecule has 1 aliphatic rings. The van der Waals surface area contributed by atoms with Crippen molar-refractivity contribution in [1.29, 1.82) is 0 Å². The third-order valence-corrected chi connectivity index (χ3v) is 3.00. The highest BCUT2D eigenvalue weighted by Crippen LogP contribution is 2.01. The van der Waals surface area contributed by atoms with Crippen molar-refractivity contribution in [2.24, 2.45) is 0 Å². The van der Waals surface area contributed by atoms with Crippen molar-refractivity contribution in [3.05, 3.63) is 0 Å². The van der Waals surface area contributed by atoms with Crippen LogP contribution in [-0.2, 0) is 4.74 Å². The fourth-order valence-corrected chi connectivity index (χ4v) is 1.92. The van der Waals surface area contributed by atoms with Gasteiger partial charge in [-0.15, -0.1) is 0 Å². The molecule has 1 N–H and O–H groups in total. The minimum Gasteiger partial charge on any atom is -0.379 e. The molecular formula is C12H26N2O. The standard InChI is InChI=1S/C12H26N2O/c1-3-4-5-8-14(2)9-6-12-11-15-10-7-13-12/h12-13H,3-11H2,1-2H3. The van der Waals surface area contributed by atoms with E-state index in [2.05, 4.69) is 24.2 Å². The molecule has 0 aromatic heterocycles. The summed E-state index contributed by atoms with van der Waals surface area (Å²) in [5, 5.41) is 3.49. The predicted molar refractivity (Wildman–Crippen MR) is 64.2 cm³/mol. The average molecular weight is 214 g/mol. The molecule has 1 aliphatic heterocycles. The summed E-state index contributed by atoms with van der Waals surface area (Å²) < 4.78 is 5.43. The van der Waals surface area contributed by atoms with Crippen LogP contribution in [0.3, 0.4) is 0 Å². The van der Waals surface area contributed by atoms with Crippen LogP contribution in [0.1, 0.15) is 32.6 Å². The second-order valence-corrected chi connectivity index (χ2v) is 4.53. The Morgan fingerprint density at radius 1 is 1.33 bits per heavy atom. The minimum absolute atomic E-state index is 0.576. The first-order valence-corrected chi connectivity index (χ1v) is 6.32. The fourth-order valence-electron chi connectivity index (χ4n) is 1.92. The highest BCUT2D eigenvalue weighted by molar-refractivity contribution is 4.71. The Balaban J connectivity index is 1.97. The first kappa shape index (κ1) is 12.9. The number of ether oxygens (including phenoxy) is 1. The highest BCUT2D eigenvalue weighted by Gasteiger charge is 2.12. The summed E-state index contributed by atoms with van der Waals surface area (Å²) in [5.74, 6) is 0. The summed E-state index contributed by atoms with van der Waals surface area (Å²) in [5.41, 5.74) is 0. The molecule has 1 saturated heterocycles. The number of rotatable bonds is 7. The lowest BCUT2D eigenvalue weighted by Crippen LogP contribution is -2.43. The van der Waals surface area contributed by atoms with Crippen molar-refractivity contribution in [2.75, 3.05) is 39.9 Å². The topological polar surface area (TPSA) is 24.5 Å². The van der Waals surface area contributed by atoms with Gasteiger partial charge in [-0.2, -0.15) is 0 Å². The molecule has 0 aromatic rings. The summed E-state index contributed by atoms with van der Waals surface area (Å²) in [6.45, 7) is 7.46. The summed E-state index contributed by atoms with van der Waals surface area (Å²) in [6.07, 6.45) is 5.21. The van der Waals surface area contributed by atoms with Crippen LogP contribution in [0.15, 0.2) is 0 Å². The van der Waals surface area contributed by atoms with Crippen molar-refractivity contribution >= 4 is 0 Å². The predicted octanol–water partition coefficient (Wildman–Crippen LogP) is 1.49. The Kier molecular flexibility index (Phi) is 6.98. The molecule has 1 atom stereocenters. The van der Waals surface area contributed by atoms with Gasteiger partial charge in [0.05, 0.1) is 13.2 Å². The maximum absolute atomic E-state index is 5.43. The summed E-state index contributed by atoms with van der Waals surface area (Å²) in [7, 11) is 2.22. The van der Waals surface area contributed by atoms with E-state index in [9.17, 15) is 0 Å². The lowest BCUT2D eigenvalue weighted by molar-refractivity contribution is 0.0710. The van der Waals surface area contributed by atoms with Gasteiger partial charge in [-0.25, -0.2) is 0 Å². The van der Waals surface area contributed by atoms with E-state index < -0.39 is 0 Å². The normalized spacial score (nSPS) is 22.2. The van der Waals surface area contributed by atoms with Gasteiger partial charge in [-0.3, -0.25) is 0 Å². The Bertz CT molecular complexity index is 147. The van der Waals surface area contributed by atoms with Crippen molar-refractivity contribution in [3.63, 3.8) is 0 Å². The molecule has 90 valence electrons. The number of unbranched alkanes of at least 4 members (excludes halogenated alkanes) is 2. The summed E-state index contributed by atoms with van der Waals surface area (Å²) in [4.78, 5) is 2.44. The third-order valence-electron chi connectivity index (χ3n) is 3.00. The average Bonchev–Trinajstić information content (AvgIpc) is 2.28. The Hall–Kier alpha value is -0.120. The SMILES string of the molecule is CCCCCN(C)CCC1COCCN1. The second kappa shape index (κ2) is 8.08. The molecule has 15 heavy (non-hydrogen) atoms. The van der Waals surface area contributed by atoms with Gasteiger partial charge in [0, 0.05) is 12.6 Å². The number of hydrogen-bond donors (Lipinski definition) is 1. The number of morpholine rings is 1. The molecule has 1 heterocycles. The molecule has 0 aliphatic carbocycles. The molecule has 1 rings (SSSR count). The number of hydrogen-bond acceptors (Lipinski definition) is 3. The summed E-state index contributed by atoms with van der Waals surface area (Å²) in [6, 6.07) is 0.576. The van der Waals surface area contributed by atoms with Gasteiger partial charge in [-0.1, -0.05) is 19.8 Å². The molecule has 0 radical (unpaired) electrons. The lowest BCUT2D eigenvalue weighted by Gasteiger charge is -2.26. The second-order valence-electron chi connectivity index (χ2n) is 4.53. The van der Waals surface area contributed by atoms with Crippen LogP contribution < -0.4 is 5.32 Å². The zero-order valence-corrected chi connectivity index (χ0v) is 10.3. The zero-order chi connectivity index (χ0) is 10.9. The monoisotopic (exact) mass is 214 g/mol. The van der Waals surface area contributed by atoms with Crippen LogP contribution in [0.2, 0.25) is 0 Å². The fraction of sp³-hybridized carbons (Fsp3) is 1.00. The smallest absolute Gasteiger partial charge is 0.0620 e. The van der Waals surface area contributed by atoms with Gasteiger partial charge in [0.25, 0.3) is 0 Å². The zero-order valence-electron chi connectivity index (χ0n) is 10.3. The Labute approximate surface area is 94.2 Å². The van der Waals surface area contributed by atoms with Crippen molar-refractivity contribution in [2.45, 2.75) is 38.6 Å². The molecule has 0 spiro atoms. The van der Waals surface area contributed by atoms with Gasteiger partial charge in [0.15, 0.2) is 0 Å². The van der Waals surface area contributed by atoms with Crippen LogP contribution in [0.25, 0.3) is 0 Å². The van der Waals surface area contributed by atoms with E-state index in [1.807, 2.05) is 0 Å². The number of nitrogens with one attached hydrogen (secondary N) is 1. The van der Waals surface area contributed by atoms with E-state index in [1.165, 1.54) is 38.8 Å². The maximum Gasteiger partial charge on any atom is 0.0620 e. The molecule has 1 unspecified atom stereocenters. The van der Waals surface area contributed by atoms with E-state index in [0.717, 1.165) is 19.8 Å². The van der Waals surface area contributed by atoms with Crippen LogP contribution in [0.5, 0.6) is 0 Å². The van der Waals surface area contributed by atoms with Gasteiger partial charge >= 0.3 is 0 Å². The van der Waals surface area contributed by atoms with E-state index in [-0.39, 0.29) is 0 Å². The van der Waals surface area contributed by atoms with E-state index in [4.69, 9.17) is 4.74 Å². The van der Waals surface area contributed by atoms with Gasteiger partial charge < -0.3 is 15.0 Å². The van der Waals surface area contributed by atoms with E-state index in [0.29, 0.717) is 6.04 Å². The van der Waals surface area contributed by atoms with Crippen LogP contribution in [-0.4, -0.2) is 50.8 Å². The molecule has 0 bridgehead atoms. The molecule has 1 fully saturated rings. The third kappa shape index (κ3) is 6.13. The summed E-state index contributed by atoms with van der Waals surface area (Å²) >= 11 is 0. The quantitative estimate of drug-likeness (QED) is 0.650. The van der Waals surface area contributed by atoms with E-state index >= 15 is 0 Å². The number of nitrogens with zero attached hydrogens (tertiary/aromatic N) is 1. The van der Waals surface area contributed by atoms with Crippen molar-refractivity contribution in [1.82, 2.24) is 10.2 Å². The molecule has 3 heteroatoms. The van der Waals surface area contributed by atoms with Crippen LogP contribution >= 0.6 is 0 Å². The first-order valence-electron chi connectivity index (χ1n) is 6.32. The van der Waals surface area contributed by atoms with Crippen LogP contribution in [0, 0.1) is 0 Å².